The van der Waals surface area contributed by atoms with Crippen LogP contribution in [0.25, 0.3) is 0 Å². The second-order valence-corrected chi connectivity index (χ2v) is 4.23. The Hall–Kier alpha value is -1.62. The number of nitrogen functional groups attached to an aromatic ring is 1. The van der Waals surface area contributed by atoms with E-state index in [4.69, 9.17) is 5.73 Å². The summed E-state index contributed by atoms with van der Waals surface area (Å²) in [7, 11) is 0. The van der Waals surface area contributed by atoms with Crippen molar-refractivity contribution in [2.45, 2.75) is 19.4 Å². The summed E-state index contributed by atoms with van der Waals surface area (Å²) in [5, 5.41) is 11.9. The molecule has 1 amide bonds. The van der Waals surface area contributed by atoms with Gasteiger partial charge >= 0.3 is 0 Å². The second-order valence-electron chi connectivity index (χ2n) is 4.23. The van der Waals surface area contributed by atoms with Crippen molar-refractivity contribution in [1.82, 2.24) is 5.32 Å². The Morgan fingerprint density at radius 3 is 2.69 bits per heavy atom. The van der Waals surface area contributed by atoms with Gasteiger partial charge in [-0.3, -0.25) is 4.79 Å². The van der Waals surface area contributed by atoms with Crippen LogP contribution in [0.1, 0.15) is 24.2 Å². The van der Waals surface area contributed by atoms with E-state index in [-0.39, 0.29) is 17.8 Å². The lowest BCUT2D eigenvalue weighted by Crippen LogP contribution is -2.38. The lowest BCUT2D eigenvalue weighted by Gasteiger charge is -2.17. The Morgan fingerprint density at radius 1 is 1.56 bits per heavy atom. The number of anilines is 1. The van der Waals surface area contributed by atoms with Crippen LogP contribution in [0.5, 0.6) is 0 Å². The van der Waals surface area contributed by atoms with E-state index in [0.717, 1.165) is 12.1 Å². The third-order valence-electron chi connectivity index (χ3n) is 1.94. The Bertz CT molecular complexity index is 399. The molecule has 0 saturated heterocycles. The van der Waals surface area contributed by atoms with Crippen LogP contribution in [0.15, 0.2) is 18.2 Å². The minimum absolute atomic E-state index is 0.0771. The highest BCUT2D eigenvalue weighted by Crippen LogP contribution is 2.13. The summed E-state index contributed by atoms with van der Waals surface area (Å²) in [5.41, 5.74) is 4.78. The van der Waals surface area contributed by atoms with Crippen LogP contribution in [0.4, 0.5) is 10.1 Å². The van der Waals surface area contributed by atoms with Crippen molar-refractivity contribution in [1.29, 1.82) is 0 Å². The van der Waals surface area contributed by atoms with Crippen LogP contribution in [0.3, 0.4) is 0 Å². The number of carbonyl (C=O) groups excluding carboxylic acids is 1. The molecule has 88 valence electrons. The molecule has 0 saturated carbocycles. The summed E-state index contributed by atoms with van der Waals surface area (Å²) < 4.78 is 12.7. The molecule has 0 atom stereocenters. The van der Waals surface area contributed by atoms with E-state index in [9.17, 15) is 14.3 Å². The molecule has 4 nitrogen and oxygen atoms in total. The highest BCUT2D eigenvalue weighted by molar-refractivity contribution is 5.99. The van der Waals surface area contributed by atoms with Crippen molar-refractivity contribution < 1.29 is 14.3 Å². The molecule has 0 bridgehead atoms. The standard InChI is InChI=1S/C11H15FN2O2/c1-11(2,16)6-14-10(15)8-4-3-7(12)5-9(8)13/h3-5,16H,6,13H2,1-2H3,(H,14,15). The zero-order chi connectivity index (χ0) is 12.3. The summed E-state index contributed by atoms with van der Waals surface area (Å²) in [6, 6.07) is 3.55. The molecule has 0 aliphatic carbocycles. The van der Waals surface area contributed by atoms with Crippen molar-refractivity contribution in [3.05, 3.63) is 29.6 Å². The van der Waals surface area contributed by atoms with E-state index in [1.165, 1.54) is 6.07 Å². The van der Waals surface area contributed by atoms with Crippen molar-refractivity contribution in [3.8, 4) is 0 Å². The van der Waals surface area contributed by atoms with E-state index in [1.54, 1.807) is 13.8 Å². The molecule has 0 spiro atoms. The fourth-order valence-corrected chi connectivity index (χ4v) is 1.13. The lowest BCUT2D eigenvalue weighted by atomic mass is 10.1. The van der Waals surface area contributed by atoms with E-state index in [0.29, 0.717) is 0 Å². The molecule has 0 fully saturated rings. The third kappa shape index (κ3) is 3.51. The van der Waals surface area contributed by atoms with Crippen LogP contribution in [0.2, 0.25) is 0 Å². The van der Waals surface area contributed by atoms with Gasteiger partial charge in [0.25, 0.3) is 5.91 Å². The minimum atomic E-state index is -0.996. The molecule has 4 N–H and O–H groups in total. The van der Waals surface area contributed by atoms with Crippen molar-refractivity contribution in [2.75, 3.05) is 12.3 Å². The van der Waals surface area contributed by atoms with Gasteiger partial charge in [-0.2, -0.15) is 0 Å². The highest BCUT2D eigenvalue weighted by Gasteiger charge is 2.16. The van der Waals surface area contributed by atoms with E-state index in [2.05, 4.69) is 5.32 Å². The van der Waals surface area contributed by atoms with Gasteiger partial charge in [0, 0.05) is 12.2 Å². The van der Waals surface area contributed by atoms with Gasteiger partial charge in [-0.15, -0.1) is 0 Å². The molecular formula is C11H15FN2O2. The third-order valence-corrected chi connectivity index (χ3v) is 1.94. The quantitative estimate of drug-likeness (QED) is 0.670. The fourth-order valence-electron chi connectivity index (χ4n) is 1.13. The van der Waals surface area contributed by atoms with Gasteiger partial charge in [0.2, 0.25) is 0 Å². The highest BCUT2D eigenvalue weighted by atomic mass is 19.1. The summed E-state index contributed by atoms with van der Waals surface area (Å²) in [4.78, 5) is 11.6. The maximum absolute atomic E-state index is 12.7. The number of amides is 1. The molecule has 0 heterocycles. The Morgan fingerprint density at radius 2 is 2.19 bits per heavy atom. The molecule has 0 unspecified atom stereocenters. The van der Waals surface area contributed by atoms with E-state index >= 15 is 0 Å². The number of hydrogen-bond acceptors (Lipinski definition) is 3. The molecule has 0 aromatic heterocycles. The number of halogens is 1. The molecule has 16 heavy (non-hydrogen) atoms. The first-order valence-electron chi connectivity index (χ1n) is 4.85. The summed E-state index contributed by atoms with van der Waals surface area (Å²) >= 11 is 0. The number of rotatable bonds is 3. The Kier molecular flexibility index (Phi) is 3.49. The Balaban J connectivity index is 2.74. The van der Waals surface area contributed by atoms with Crippen molar-refractivity contribution in [3.63, 3.8) is 0 Å². The van der Waals surface area contributed by atoms with Crippen LogP contribution in [-0.2, 0) is 0 Å². The van der Waals surface area contributed by atoms with Crippen molar-refractivity contribution in [2.24, 2.45) is 0 Å². The van der Waals surface area contributed by atoms with Crippen LogP contribution in [0, 0.1) is 5.82 Å². The van der Waals surface area contributed by atoms with E-state index in [1.807, 2.05) is 0 Å². The molecule has 0 aliphatic heterocycles. The van der Waals surface area contributed by atoms with Crippen LogP contribution < -0.4 is 11.1 Å². The van der Waals surface area contributed by atoms with Gasteiger partial charge in [0.1, 0.15) is 5.82 Å². The molecule has 0 aliphatic rings. The van der Waals surface area contributed by atoms with Gasteiger partial charge in [0.15, 0.2) is 0 Å². The SMILES string of the molecule is CC(C)(O)CNC(=O)c1ccc(F)cc1N. The summed E-state index contributed by atoms with van der Waals surface area (Å²) in [5.74, 6) is -0.920. The number of hydrogen-bond donors (Lipinski definition) is 3. The zero-order valence-electron chi connectivity index (χ0n) is 9.25. The Labute approximate surface area is 93.3 Å². The number of benzene rings is 1. The number of nitrogens with two attached hydrogens (primary N) is 1. The fraction of sp³-hybridized carbons (Fsp3) is 0.364. The summed E-state index contributed by atoms with van der Waals surface area (Å²) in [6.07, 6.45) is 0. The summed E-state index contributed by atoms with van der Waals surface area (Å²) in [6.45, 7) is 3.24. The first kappa shape index (κ1) is 12.4. The second kappa shape index (κ2) is 4.49. The monoisotopic (exact) mass is 226 g/mol. The largest absolute Gasteiger partial charge is 0.398 e. The lowest BCUT2D eigenvalue weighted by molar-refractivity contribution is 0.0694. The van der Waals surface area contributed by atoms with Gasteiger partial charge in [-0.1, -0.05) is 0 Å². The van der Waals surface area contributed by atoms with E-state index < -0.39 is 17.3 Å². The predicted molar refractivity (Wildman–Crippen MR) is 59.4 cm³/mol. The number of carbonyl (C=O) groups is 1. The van der Waals surface area contributed by atoms with Crippen LogP contribution >= 0.6 is 0 Å². The average molecular weight is 226 g/mol. The molecule has 1 aromatic rings. The maximum Gasteiger partial charge on any atom is 0.253 e. The van der Waals surface area contributed by atoms with Gasteiger partial charge < -0.3 is 16.2 Å². The minimum Gasteiger partial charge on any atom is -0.398 e. The topological polar surface area (TPSA) is 75.3 Å². The van der Waals surface area contributed by atoms with Crippen LogP contribution in [-0.4, -0.2) is 23.2 Å². The number of aliphatic hydroxyl groups is 1. The predicted octanol–water partition coefficient (Wildman–Crippen LogP) is 0.909. The smallest absolute Gasteiger partial charge is 0.253 e. The van der Waals surface area contributed by atoms with Gasteiger partial charge in [-0.25, -0.2) is 4.39 Å². The maximum atomic E-state index is 12.7. The normalized spacial score (nSPS) is 11.2. The average Bonchev–Trinajstić information content (AvgIpc) is 2.13. The van der Waals surface area contributed by atoms with Gasteiger partial charge in [-0.05, 0) is 32.0 Å². The zero-order valence-corrected chi connectivity index (χ0v) is 9.25. The molecule has 5 heteroatoms. The molecule has 1 aromatic carbocycles. The van der Waals surface area contributed by atoms with Gasteiger partial charge in [0.05, 0.1) is 11.2 Å². The molecular weight excluding hydrogens is 211 g/mol. The van der Waals surface area contributed by atoms with Crippen molar-refractivity contribution >= 4 is 11.6 Å². The first-order valence-corrected chi connectivity index (χ1v) is 4.85. The molecule has 0 radical (unpaired) electrons. The molecule has 1 rings (SSSR count). The first-order chi connectivity index (χ1) is 7.29. The number of nitrogens with one attached hydrogen (secondary N) is 1.